The largest absolute Gasteiger partial charge is 0.497 e. The third kappa shape index (κ3) is 4.45. The van der Waals surface area contributed by atoms with Crippen LogP contribution in [-0.2, 0) is 20.9 Å². The van der Waals surface area contributed by atoms with E-state index in [2.05, 4.69) is 5.32 Å². The zero-order chi connectivity index (χ0) is 16.8. The van der Waals surface area contributed by atoms with Crippen LogP contribution in [0.2, 0.25) is 0 Å². The van der Waals surface area contributed by atoms with E-state index in [1.165, 1.54) is 4.90 Å². The lowest BCUT2D eigenvalue weighted by molar-refractivity contribution is -0.147. The van der Waals surface area contributed by atoms with Gasteiger partial charge in [-0.1, -0.05) is 12.1 Å². The van der Waals surface area contributed by atoms with Crippen LogP contribution in [0.15, 0.2) is 24.3 Å². The Labute approximate surface area is 134 Å². The van der Waals surface area contributed by atoms with Gasteiger partial charge in [-0.05, 0) is 30.5 Å². The molecule has 1 heterocycles. The van der Waals surface area contributed by atoms with E-state index in [9.17, 15) is 14.4 Å². The Hall–Kier alpha value is -2.57. The predicted octanol–water partition coefficient (Wildman–Crippen LogP) is 0.0353. The van der Waals surface area contributed by atoms with Gasteiger partial charge >= 0.3 is 11.8 Å². The average molecular weight is 319 g/mol. The second-order valence-electron chi connectivity index (χ2n) is 5.50. The molecule has 1 aromatic carbocycles. The number of likely N-dealkylation sites (tertiary alicyclic amines) is 1. The number of nitrogens with one attached hydrogen (secondary N) is 1. The van der Waals surface area contributed by atoms with E-state index in [4.69, 9.17) is 10.5 Å². The molecule has 0 bridgehead atoms. The quantitative estimate of drug-likeness (QED) is 0.765. The zero-order valence-corrected chi connectivity index (χ0v) is 13.1. The van der Waals surface area contributed by atoms with Crippen LogP contribution in [-0.4, -0.2) is 42.8 Å². The number of nitrogens with two attached hydrogens (primary N) is 1. The van der Waals surface area contributed by atoms with Crippen LogP contribution in [0.25, 0.3) is 0 Å². The molecule has 1 aromatic rings. The minimum absolute atomic E-state index is 0.207. The van der Waals surface area contributed by atoms with Crippen molar-refractivity contribution in [3.8, 4) is 5.75 Å². The fourth-order valence-corrected chi connectivity index (χ4v) is 2.51. The van der Waals surface area contributed by atoms with Crippen molar-refractivity contribution in [3.63, 3.8) is 0 Å². The standard InChI is InChI=1S/C16H21N3O4/c1-23-13-4-2-11(3-5-13)10-18-15(21)16(22)19-8-6-12(7-9-19)14(17)20/h2-5,12H,6-10H2,1H3,(H2,17,20)(H,18,21). The van der Waals surface area contributed by atoms with Gasteiger partial charge in [0.1, 0.15) is 5.75 Å². The number of rotatable bonds is 4. The zero-order valence-electron chi connectivity index (χ0n) is 13.1. The minimum Gasteiger partial charge on any atom is -0.497 e. The van der Waals surface area contributed by atoms with E-state index >= 15 is 0 Å². The van der Waals surface area contributed by atoms with Gasteiger partial charge in [0.2, 0.25) is 5.91 Å². The summed E-state index contributed by atoms with van der Waals surface area (Å²) < 4.78 is 5.06. The first-order chi connectivity index (χ1) is 11.0. The van der Waals surface area contributed by atoms with E-state index in [0.29, 0.717) is 25.9 Å². The van der Waals surface area contributed by atoms with Gasteiger partial charge in [-0.25, -0.2) is 0 Å². The van der Waals surface area contributed by atoms with Crippen molar-refractivity contribution in [2.45, 2.75) is 19.4 Å². The van der Waals surface area contributed by atoms with E-state index in [-0.39, 0.29) is 18.4 Å². The molecule has 0 aliphatic carbocycles. The average Bonchev–Trinajstić information content (AvgIpc) is 2.59. The van der Waals surface area contributed by atoms with Gasteiger partial charge in [-0.2, -0.15) is 0 Å². The fraction of sp³-hybridized carbons (Fsp3) is 0.438. The summed E-state index contributed by atoms with van der Waals surface area (Å²) in [5, 5.41) is 2.60. The van der Waals surface area contributed by atoms with Gasteiger partial charge < -0.3 is 20.7 Å². The molecule has 0 radical (unpaired) electrons. The highest BCUT2D eigenvalue weighted by molar-refractivity contribution is 6.35. The number of amides is 3. The highest BCUT2D eigenvalue weighted by atomic mass is 16.5. The molecule has 7 nitrogen and oxygen atoms in total. The highest BCUT2D eigenvalue weighted by Crippen LogP contribution is 2.16. The molecule has 1 aliphatic rings. The van der Waals surface area contributed by atoms with Crippen LogP contribution in [0, 0.1) is 5.92 Å². The Morgan fingerprint density at radius 3 is 2.35 bits per heavy atom. The highest BCUT2D eigenvalue weighted by Gasteiger charge is 2.28. The maximum absolute atomic E-state index is 12.1. The Bertz CT molecular complexity index is 577. The SMILES string of the molecule is COc1ccc(CNC(=O)C(=O)N2CCC(C(N)=O)CC2)cc1. The van der Waals surface area contributed by atoms with Gasteiger partial charge in [0.05, 0.1) is 7.11 Å². The monoisotopic (exact) mass is 319 g/mol. The van der Waals surface area contributed by atoms with Crippen molar-refractivity contribution in [1.29, 1.82) is 0 Å². The Morgan fingerprint density at radius 2 is 1.83 bits per heavy atom. The molecule has 0 spiro atoms. The molecule has 7 heteroatoms. The lowest BCUT2D eigenvalue weighted by Gasteiger charge is -2.29. The van der Waals surface area contributed by atoms with Crippen LogP contribution in [0.5, 0.6) is 5.75 Å². The molecule has 3 N–H and O–H groups in total. The number of carbonyl (C=O) groups excluding carboxylic acids is 3. The van der Waals surface area contributed by atoms with E-state index in [0.717, 1.165) is 11.3 Å². The van der Waals surface area contributed by atoms with Crippen LogP contribution in [0.4, 0.5) is 0 Å². The van der Waals surface area contributed by atoms with Gasteiger partial charge in [0.25, 0.3) is 0 Å². The van der Waals surface area contributed by atoms with Gasteiger partial charge in [0, 0.05) is 25.6 Å². The van der Waals surface area contributed by atoms with Crippen molar-refractivity contribution >= 4 is 17.7 Å². The van der Waals surface area contributed by atoms with Gasteiger partial charge in [0.15, 0.2) is 0 Å². The maximum Gasteiger partial charge on any atom is 0.311 e. The first kappa shape index (κ1) is 16.8. The Morgan fingerprint density at radius 1 is 1.22 bits per heavy atom. The number of hydrogen-bond acceptors (Lipinski definition) is 4. The third-order valence-electron chi connectivity index (χ3n) is 3.99. The van der Waals surface area contributed by atoms with Crippen LogP contribution >= 0.6 is 0 Å². The van der Waals surface area contributed by atoms with E-state index < -0.39 is 11.8 Å². The number of carbonyl (C=O) groups is 3. The number of methoxy groups -OCH3 is 1. The predicted molar refractivity (Wildman–Crippen MR) is 83.3 cm³/mol. The first-order valence-corrected chi connectivity index (χ1v) is 7.50. The fourth-order valence-electron chi connectivity index (χ4n) is 2.51. The molecule has 124 valence electrons. The summed E-state index contributed by atoms with van der Waals surface area (Å²) in [5.41, 5.74) is 6.13. The van der Waals surface area contributed by atoms with Crippen LogP contribution in [0.3, 0.4) is 0 Å². The molecule has 2 rings (SSSR count). The summed E-state index contributed by atoms with van der Waals surface area (Å²) in [7, 11) is 1.58. The summed E-state index contributed by atoms with van der Waals surface area (Å²) in [4.78, 5) is 36.6. The van der Waals surface area contributed by atoms with Gasteiger partial charge in [-0.3, -0.25) is 14.4 Å². The second kappa shape index (κ2) is 7.62. The number of piperidine rings is 1. The van der Waals surface area contributed by atoms with Crippen LogP contribution in [0.1, 0.15) is 18.4 Å². The molecule has 1 aliphatic heterocycles. The lowest BCUT2D eigenvalue weighted by Crippen LogP contribution is -2.47. The van der Waals surface area contributed by atoms with E-state index in [1.807, 2.05) is 12.1 Å². The summed E-state index contributed by atoms with van der Waals surface area (Å²) in [6.07, 6.45) is 1.01. The lowest BCUT2D eigenvalue weighted by atomic mass is 9.96. The maximum atomic E-state index is 12.1. The Balaban J connectivity index is 1.81. The van der Waals surface area contributed by atoms with Crippen molar-refractivity contribution in [3.05, 3.63) is 29.8 Å². The number of ether oxygens (including phenoxy) is 1. The van der Waals surface area contributed by atoms with Crippen molar-refractivity contribution in [1.82, 2.24) is 10.2 Å². The van der Waals surface area contributed by atoms with Crippen molar-refractivity contribution in [2.24, 2.45) is 11.7 Å². The molecule has 23 heavy (non-hydrogen) atoms. The molecule has 0 aromatic heterocycles. The molecule has 0 saturated carbocycles. The first-order valence-electron chi connectivity index (χ1n) is 7.50. The van der Waals surface area contributed by atoms with Gasteiger partial charge in [-0.15, -0.1) is 0 Å². The molecule has 1 fully saturated rings. The summed E-state index contributed by atoms with van der Waals surface area (Å²) >= 11 is 0. The normalized spacial score (nSPS) is 15.1. The Kier molecular flexibility index (Phi) is 5.56. The number of benzene rings is 1. The second-order valence-corrected chi connectivity index (χ2v) is 5.50. The summed E-state index contributed by atoms with van der Waals surface area (Å²) in [6, 6.07) is 7.22. The molecule has 1 saturated heterocycles. The number of hydrogen-bond donors (Lipinski definition) is 2. The number of primary amides is 1. The molecular formula is C16H21N3O4. The summed E-state index contributed by atoms with van der Waals surface area (Å²) in [6.45, 7) is 1.02. The molecule has 3 amide bonds. The van der Waals surface area contributed by atoms with Crippen LogP contribution < -0.4 is 15.8 Å². The van der Waals surface area contributed by atoms with Crippen molar-refractivity contribution < 1.29 is 19.1 Å². The summed E-state index contributed by atoms with van der Waals surface area (Å²) in [5.74, 6) is -1.03. The topological polar surface area (TPSA) is 102 Å². The van der Waals surface area contributed by atoms with E-state index in [1.54, 1.807) is 19.2 Å². The molecule has 0 unspecified atom stereocenters. The molecule has 0 atom stereocenters. The third-order valence-corrected chi connectivity index (χ3v) is 3.99. The van der Waals surface area contributed by atoms with Crippen molar-refractivity contribution in [2.75, 3.05) is 20.2 Å². The smallest absolute Gasteiger partial charge is 0.311 e. The number of nitrogens with zero attached hydrogens (tertiary/aromatic N) is 1. The minimum atomic E-state index is -0.640. The molecular weight excluding hydrogens is 298 g/mol.